The number of halogens is 1. The number of aliphatic carboxylic acids is 2. The van der Waals surface area contributed by atoms with Crippen LogP contribution < -0.4 is 0 Å². The van der Waals surface area contributed by atoms with Crippen LogP contribution in [0.1, 0.15) is 25.7 Å². The molecule has 0 spiro atoms. The van der Waals surface area contributed by atoms with Crippen LogP contribution in [0.2, 0.25) is 0 Å². The summed E-state index contributed by atoms with van der Waals surface area (Å²) in [5, 5.41) is 18.3. The van der Waals surface area contributed by atoms with Crippen molar-refractivity contribution in [2.45, 2.75) is 30.0 Å². The quantitative estimate of drug-likeness (QED) is 0.754. The number of fused-ring (bicyclic) bond motifs is 3. The first kappa shape index (κ1) is 10.9. The topological polar surface area (TPSA) is 74.6 Å². The van der Waals surface area contributed by atoms with Crippen molar-refractivity contribution in [1.82, 2.24) is 0 Å². The van der Waals surface area contributed by atoms with Crippen LogP contribution in [0.25, 0.3) is 0 Å². The smallest absolute Gasteiger partial charge is 0.308 e. The van der Waals surface area contributed by atoms with E-state index in [1.54, 1.807) is 0 Å². The Balaban J connectivity index is 2.37. The lowest BCUT2D eigenvalue weighted by Gasteiger charge is -2.50. The van der Waals surface area contributed by atoms with E-state index in [0.29, 0.717) is 0 Å². The van der Waals surface area contributed by atoms with Crippen molar-refractivity contribution in [3.8, 4) is 0 Å². The summed E-state index contributed by atoms with van der Waals surface area (Å²) in [6.45, 7) is 0. The summed E-state index contributed by atoms with van der Waals surface area (Å²) in [4.78, 5) is 22.3. The summed E-state index contributed by atoms with van der Waals surface area (Å²) in [5.41, 5.74) is 0. The molecule has 3 fully saturated rings. The van der Waals surface area contributed by atoms with E-state index < -0.39 is 28.1 Å². The van der Waals surface area contributed by atoms with E-state index in [9.17, 15) is 9.59 Å². The first-order chi connectivity index (χ1) is 6.96. The van der Waals surface area contributed by atoms with E-state index in [0.717, 1.165) is 25.7 Å². The highest BCUT2D eigenvalue weighted by Gasteiger charge is 2.57. The number of carbonyl (C=O) groups is 2. The molecule has 2 atom stereocenters. The number of carboxylic acids is 2. The van der Waals surface area contributed by atoms with Crippen molar-refractivity contribution < 1.29 is 19.8 Å². The van der Waals surface area contributed by atoms with Crippen LogP contribution in [0.3, 0.4) is 0 Å². The Labute approximate surface area is 95.8 Å². The standard InChI is InChI=1S/C10H13BrO4/c11-10-3-1-5(2-4-10)6(8(12)13)7(10)9(14)15/h5-7H,1-4H2,(H,12,13)(H,14,15)/t5?,6-,7+,10?/m1/s1. The molecule has 0 unspecified atom stereocenters. The fourth-order valence-electron chi connectivity index (χ4n) is 3.10. The summed E-state index contributed by atoms with van der Waals surface area (Å²) in [7, 11) is 0. The normalized spacial score (nSPS) is 43.9. The fourth-order valence-corrected chi connectivity index (χ4v) is 4.04. The lowest BCUT2D eigenvalue weighted by atomic mass is 9.58. The molecular formula is C10H13BrO4. The highest BCUT2D eigenvalue weighted by atomic mass is 79.9. The van der Waals surface area contributed by atoms with E-state index in [-0.39, 0.29) is 5.92 Å². The number of hydrogen-bond acceptors (Lipinski definition) is 2. The van der Waals surface area contributed by atoms with Crippen LogP contribution in [-0.4, -0.2) is 26.5 Å². The van der Waals surface area contributed by atoms with Gasteiger partial charge in [0.15, 0.2) is 0 Å². The van der Waals surface area contributed by atoms with Gasteiger partial charge in [-0.15, -0.1) is 0 Å². The van der Waals surface area contributed by atoms with Crippen molar-refractivity contribution in [2.75, 3.05) is 0 Å². The molecule has 0 aromatic heterocycles. The van der Waals surface area contributed by atoms with Crippen LogP contribution >= 0.6 is 15.9 Å². The molecule has 3 aliphatic carbocycles. The van der Waals surface area contributed by atoms with E-state index in [1.807, 2.05) is 0 Å². The molecule has 3 rings (SSSR count). The molecule has 3 saturated carbocycles. The summed E-state index contributed by atoms with van der Waals surface area (Å²) in [6, 6.07) is 0. The van der Waals surface area contributed by atoms with Gasteiger partial charge in [0.05, 0.1) is 11.8 Å². The van der Waals surface area contributed by atoms with Crippen LogP contribution in [0.15, 0.2) is 0 Å². The van der Waals surface area contributed by atoms with Crippen molar-refractivity contribution in [1.29, 1.82) is 0 Å². The first-order valence-electron chi connectivity index (χ1n) is 5.10. The molecule has 0 saturated heterocycles. The summed E-state index contributed by atoms with van der Waals surface area (Å²) in [5.74, 6) is -3.39. The van der Waals surface area contributed by atoms with Gasteiger partial charge < -0.3 is 10.2 Å². The molecule has 0 radical (unpaired) electrons. The molecule has 0 aliphatic heterocycles. The van der Waals surface area contributed by atoms with Gasteiger partial charge in [0.1, 0.15) is 0 Å². The van der Waals surface area contributed by atoms with Crippen molar-refractivity contribution in [3.05, 3.63) is 0 Å². The Morgan fingerprint density at radius 2 is 1.67 bits per heavy atom. The highest BCUT2D eigenvalue weighted by molar-refractivity contribution is 9.10. The molecule has 2 N–H and O–H groups in total. The molecule has 2 bridgehead atoms. The Hall–Kier alpha value is -0.580. The minimum absolute atomic E-state index is 0.0445. The summed E-state index contributed by atoms with van der Waals surface area (Å²) >= 11 is 3.46. The molecule has 0 aromatic rings. The van der Waals surface area contributed by atoms with Crippen LogP contribution in [0.4, 0.5) is 0 Å². The van der Waals surface area contributed by atoms with E-state index in [2.05, 4.69) is 15.9 Å². The minimum Gasteiger partial charge on any atom is -0.481 e. The monoisotopic (exact) mass is 276 g/mol. The SMILES string of the molecule is O=C(O)[C@@H]1C2CCC(Br)(CC2)[C@@H]1C(=O)O. The van der Waals surface area contributed by atoms with Gasteiger partial charge in [-0.1, -0.05) is 15.9 Å². The predicted molar refractivity (Wildman–Crippen MR) is 55.9 cm³/mol. The van der Waals surface area contributed by atoms with Gasteiger partial charge in [-0.3, -0.25) is 9.59 Å². The second-order valence-corrected chi connectivity index (χ2v) is 6.13. The molecule has 0 heterocycles. The van der Waals surface area contributed by atoms with Crippen molar-refractivity contribution >= 4 is 27.9 Å². The number of hydrogen-bond donors (Lipinski definition) is 2. The average molecular weight is 277 g/mol. The zero-order valence-electron chi connectivity index (χ0n) is 8.15. The highest BCUT2D eigenvalue weighted by Crippen LogP contribution is 2.55. The third kappa shape index (κ3) is 1.57. The van der Waals surface area contributed by atoms with Gasteiger partial charge in [-0.25, -0.2) is 0 Å². The molecule has 5 heteroatoms. The predicted octanol–water partition coefficient (Wildman–Crippen LogP) is 1.73. The van der Waals surface area contributed by atoms with Gasteiger partial charge in [0, 0.05) is 4.32 Å². The Morgan fingerprint density at radius 3 is 2.00 bits per heavy atom. The van der Waals surface area contributed by atoms with Crippen molar-refractivity contribution in [3.63, 3.8) is 0 Å². The van der Waals surface area contributed by atoms with Gasteiger partial charge in [-0.05, 0) is 31.6 Å². The van der Waals surface area contributed by atoms with E-state index >= 15 is 0 Å². The number of alkyl halides is 1. The summed E-state index contributed by atoms with van der Waals surface area (Å²) < 4.78 is -0.489. The minimum atomic E-state index is -0.983. The van der Waals surface area contributed by atoms with E-state index in [1.165, 1.54) is 0 Å². The lowest BCUT2D eigenvalue weighted by Crippen LogP contribution is -2.55. The molecule has 84 valence electrons. The molecule has 0 aromatic carbocycles. The zero-order valence-corrected chi connectivity index (χ0v) is 9.74. The Bertz CT molecular complexity index is 307. The van der Waals surface area contributed by atoms with Crippen LogP contribution in [-0.2, 0) is 9.59 Å². The lowest BCUT2D eigenvalue weighted by molar-refractivity contribution is -0.163. The second-order valence-electron chi connectivity index (χ2n) is 4.55. The number of rotatable bonds is 2. The Kier molecular flexibility index (Phi) is 2.53. The van der Waals surface area contributed by atoms with Gasteiger partial charge in [0.25, 0.3) is 0 Å². The first-order valence-corrected chi connectivity index (χ1v) is 5.89. The van der Waals surface area contributed by atoms with Crippen LogP contribution in [0.5, 0.6) is 0 Å². The van der Waals surface area contributed by atoms with Gasteiger partial charge in [-0.2, -0.15) is 0 Å². The van der Waals surface area contributed by atoms with Gasteiger partial charge in [0.2, 0.25) is 0 Å². The molecule has 15 heavy (non-hydrogen) atoms. The summed E-state index contributed by atoms with van der Waals surface area (Å²) in [6.07, 6.45) is 3.20. The average Bonchev–Trinajstić information content (AvgIpc) is 2.16. The Morgan fingerprint density at radius 1 is 1.13 bits per heavy atom. The third-order valence-electron chi connectivity index (χ3n) is 3.84. The van der Waals surface area contributed by atoms with E-state index in [4.69, 9.17) is 10.2 Å². The molecule has 3 aliphatic rings. The molecule has 4 nitrogen and oxygen atoms in total. The van der Waals surface area contributed by atoms with Crippen molar-refractivity contribution in [2.24, 2.45) is 17.8 Å². The fraction of sp³-hybridized carbons (Fsp3) is 0.800. The van der Waals surface area contributed by atoms with Crippen LogP contribution in [0, 0.1) is 17.8 Å². The maximum Gasteiger partial charge on any atom is 0.308 e. The second kappa shape index (κ2) is 3.47. The van der Waals surface area contributed by atoms with Gasteiger partial charge >= 0.3 is 11.9 Å². The largest absolute Gasteiger partial charge is 0.481 e. The third-order valence-corrected chi connectivity index (χ3v) is 5.12. The molecule has 0 amide bonds. The maximum atomic E-state index is 11.2. The molecular weight excluding hydrogens is 264 g/mol. The maximum absolute atomic E-state index is 11.2. The zero-order chi connectivity index (χ0) is 11.2. The number of carboxylic acid groups (broad SMARTS) is 2.